The summed E-state index contributed by atoms with van der Waals surface area (Å²) in [7, 11) is -1.55. The second-order valence-electron chi connectivity index (χ2n) is 6.86. The molecule has 1 aliphatic heterocycles. The Labute approximate surface area is 161 Å². The topological polar surface area (TPSA) is 62.1 Å². The van der Waals surface area contributed by atoms with Crippen molar-refractivity contribution < 1.29 is 18.1 Å². The smallest absolute Gasteiger partial charge is 0.281 e. The van der Waals surface area contributed by atoms with Crippen LogP contribution in [0.5, 0.6) is 0 Å². The van der Waals surface area contributed by atoms with Crippen molar-refractivity contribution in [2.24, 2.45) is 0 Å². The third-order valence-electron chi connectivity index (χ3n) is 4.93. The van der Waals surface area contributed by atoms with Gasteiger partial charge in [0, 0.05) is 12.7 Å². The largest absolute Gasteiger partial charge is 0.325 e. The van der Waals surface area contributed by atoms with Crippen molar-refractivity contribution in [3.05, 3.63) is 66.2 Å². The van der Waals surface area contributed by atoms with Gasteiger partial charge >= 0.3 is 0 Å². The van der Waals surface area contributed by atoms with Gasteiger partial charge in [-0.3, -0.25) is 4.79 Å². The van der Waals surface area contributed by atoms with Gasteiger partial charge in [0.15, 0.2) is 6.54 Å². The highest BCUT2D eigenvalue weighted by molar-refractivity contribution is 7.88. The Kier molecular flexibility index (Phi) is 6.26. The van der Waals surface area contributed by atoms with E-state index in [9.17, 15) is 13.2 Å². The number of amides is 1. The highest BCUT2D eigenvalue weighted by Crippen LogP contribution is 2.12. The number of nitrogens with one attached hydrogen (secondary N) is 1. The lowest BCUT2D eigenvalue weighted by atomic mass is 10.2. The van der Waals surface area contributed by atoms with Crippen LogP contribution in [0.25, 0.3) is 0 Å². The maximum Gasteiger partial charge on any atom is 0.281 e. The number of benzene rings is 2. The van der Waals surface area contributed by atoms with Crippen molar-refractivity contribution in [3.63, 3.8) is 0 Å². The lowest BCUT2D eigenvalue weighted by Gasteiger charge is -2.32. The molecule has 1 fully saturated rings. The number of piperazine rings is 1. The second kappa shape index (κ2) is 8.65. The van der Waals surface area contributed by atoms with E-state index in [1.165, 1.54) is 0 Å². The molecule has 0 bridgehead atoms. The fraction of sp³-hybridized carbons (Fsp3) is 0.350. The first-order chi connectivity index (χ1) is 13.0. The summed E-state index contributed by atoms with van der Waals surface area (Å²) in [5, 5.41) is 0. The molecule has 1 amide bonds. The number of hydrogen-bond donors (Lipinski definition) is 1. The van der Waals surface area contributed by atoms with Gasteiger partial charge in [0.2, 0.25) is 10.0 Å². The van der Waals surface area contributed by atoms with Gasteiger partial charge in [-0.15, -0.1) is 0 Å². The predicted octanol–water partition coefficient (Wildman–Crippen LogP) is 0.380. The van der Waals surface area contributed by atoms with E-state index >= 15 is 0 Å². The number of sulfonamides is 1. The van der Waals surface area contributed by atoms with Crippen molar-refractivity contribution in [2.75, 3.05) is 44.7 Å². The van der Waals surface area contributed by atoms with Crippen LogP contribution >= 0.6 is 0 Å². The molecule has 0 radical (unpaired) electrons. The number of rotatable bonds is 6. The summed E-state index contributed by atoms with van der Waals surface area (Å²) < 4.78 is 26.8. The molecule has 7 heteroatoms. The zero-order chi connectivity index (χ0) is 19.3. The number of anilines is 1. The second-order valence-corrected chi connectivity index (χ2v) is 8.82. The Balaban J connectivity index is 1.52. The van der Waals surface area contributed by atoms with Gasteiger partial charge < -0.3 is 9.80 Å². The van der Waals surface area contributed by atoms with Crippen LogP contribution in [-0.4, -0.2) is 58.4 Å². The van der Waals surface area contributed by atoms with Gasteiger partial charge in [0.25, 0.3) is 5.91 Å². The summed E-state index contributed by atoms with van der Waals surface area (Å²) in [5.41, 5.74) is 1.66. The van der Waals surface area contributed by atoms with Gasteiger partial charge in [0.1, 0.15) is 0 Å². The summed E-state index contributed by atoms with van der Waals surface area (Å²) in [5.74, 6) is 0.0653. The van der Waals surface area contributed by atoms with E-state index in [0.717, 1.165) is 16.2 Å². The molecule has 0 unspecified atom stereocenters. The molecule has 27 heavy (non-hydrogen) atoms. The molecule has 0 aliphatic carbocycles. The molecule has 6 nitrogen and oxygen atoms in total. The van der Waals surface area contributed by atoms with Crippen molar-refractivity contribution in [1.29, 1.82) is 0 Å². The molecule has 3 rings (SSSR count). The van der Waals surface area contributed by atoms with Crippen LogP contribution in [0.1, 0.15) is 5.56 Å². The Morgan fingerprint density at radius 2 is 1.56 bits per heavy atom. The van der Waals surface area contributed by atoms with Crippen LogP contribution in [0.4, 0.5) is 5.69 Å². The van der Waals surface area contributed by atoms with E-state index < -0.39 is 10.0 Å². The van der Waals surface area contributed by atoms with Crippen LogP contribution in [0, 0.1) is 0 Å². The van der Waals surface area contributed by atoms with E-state index in [4.69, 9.17) is 0 Å². The quantitative estimate of drug-likeness (QED) is 0.778. The van der Waals surface area contributed by atoms with Gasteiger partial charge in [-0.05, 0) is 17.7 Å². The van der Waals surface area contributed by atoms with Gasteiger partial charge in [0.05, 0.1) is 31.9 Å². The Morgan fingerprint density at radius 1 is 1.00 bits per heavy atom. The van der Waals surface area contributed by atoms with Crippen LogP contribution in [0.3, 0.4) is 0 Å². The maximum absolute atomic E-state index is 12.6. The van der Waals surface area contributed by atoms with E-state index in [0.29, 0.717) is 32.7 Å². The van der Waals surface area contributed by atoms with E-state index in [1.807, 2.05) is 60.7 Å². The maximum atomic E-state index is 12.6. The van der Waals surface area contributed by atoms with E-state index in [-0.39, 0.29) is 11.7 Å². The average Bonchev–Trinajstić information content (AvgIpc) is 2.69. The molecule has 2 aromatic carbocycles. The zero-order valence-electron chi connectivity index (χ0n) is 15.5. The molecule has 1 N–H and O–H groups in total. The van der Waals surface area contributed by atoms with E-state index in [1.54, 1.807) is 16.3 Å². The van der Waals surface area contributed by atoms with E-state index in [2.05, 4.69) is 0 Å². The minimum Gasteiger partial charge on any atom is -0.325 e. The molecule has 1 aliphatic rings. The molecule has 0 atom stereocenters. The van der Waals surface area contributed by atoms with Crippen LogP contribution in [-0.2, 0) is 20.6 Å². The molecule has 1 heterocycles. The summed E-state index contributed by atoms with van der Waals surface area (Å²) in [4.78, 5) is 15.3. The molecule has 144 valence electrons. The van der Waals surface area contributed by atoms with Crippen LogP contribution in [0.15, 0.2) is 60.7 Å². The molecular formula is C20H26N3O3S+. The standard InChI is InChI=1S/C20H25N3O3S/c1-21(19-10-6-3-7-11-19)20(24)16-22-12-14-23(15-13-22)27(25,26)17-18-8-4-2-5-9-18/h2-11H,12-17H2,1H3/p+1. The third-order valence-corrected chi connectivity index (χ3v) is 6.78. The first-order valence-corrected chi connectivity index (χ1v) is 10.7. The number of likely N-dealkylation sites (N-methyl/N-ethyl adjacent to an activating group) is 1. The fourth-order valence-electron chi connectivity index (χ4n) is 3.26. The summed E-state index contributed by atoms with van der Waals surface area (Å²) >= 11 is 0. The monoisotopic (exact) mass is 388 g/mol. The van der Waals surface area contributed by atoms with Crippen LogP contribution in [0.2, 0.25) is 0 Å². The molecule has 1 saturated heterocycles. The van der Waals surface area contributed by atoms with Gasteiger partial charge in [-0.25, -0.2) is 8.42 Å². The molecule has 0 aromatic heterocycles. The van der Waals surface area contributed by atoms with Crippen molar-refractivity contribution in [2.45, 2.75) is 5.75 Å². The first kappa shape index (κ1) is 19.5. The zero-order valence-corrected chi connectivity index (χ0v) is 16.4. The van der Waals surface area contributed by atoms with Crippen molar-refractivity contribution in [3.8, 4) is 0 Å². The number of carbonyl (C=O) groups is 1. The lowest BCUT2D eigenvalue weighted by molar-refractivity contribution is -0.895. The molecular weight excluding hydrogens is 362 g/mol. The first-order valence-electron chi connectivity index (χ1n) is 9.12. The number of nitrogens with zero attached hydrogens (tertiary/aromatic N) is 2. The normalized spacial score (nSPS) is 16.2. The van der Waals surface area contributed by atoms with Crippen molar-refractivity contribution >= 4 is 21.6 Å². The Bertz CT molecular complexity index is 849. The Morgan fingerprint density at radius 3 is 2.15 bits per heavy atom. The molecule has 0 saturated carbocycles. The number of quaternary nitrogens is 1. The fourth-order valence-corrected chi connectivity index (χ4v) is 4.80. The number of hydrogen-bond acceptors (Lipinski definition) is 3. The summed E-state index contributed by atoms with van der Waals surface area (Å²) in [6.45, 7) is 2.56. The summed E-state index contributed by atoms with van der Waals surface area (Å²) in [6.07, 6.45) is 0. The number of carbonyl (C=O) groups excluding carboxylic acids is 1. The molecule has 0 spiro atoms. The van der Waals surface area contributed by atoms with Gasteiger partial charge in [-0.2, -0.15) is 4.31 Å². The molecule has 2 aromatic rings. The highest BCUT2D eigenvalue weighted by atomic mass is 32.2. The lowest BCUT2D eigenvalue weighted by Crippen LogP contribution is -3.15. The SMILES string of the molecule is CN(C(=O)C[NH+]1CCN(S(=O)(=O)Cc2ccccc2)CC1)c1ccccc1. The Hall–Kier alpha value is -2.22. The number of para-hydroxylation sites is 1. The van der Waals surface area contributed by atoms with Gasteiger partial charge in [-0.1, -0.05) is 48.5 Å². The average molecular weight is 389 g/mol. The van der Waals surface area contributed by atoms with Crippen molar-refractivity contribution in [1.82, 2.24) is 4.31 Å². The summed E-state index contributed by atoms with van der Waals surface area (Å²) in [6, 6.07) is 18.8. The predicted molar refractivity (Wildman–Crippen MR) is 106 cm³/mol. The minimum atomic E-state index is -3.32. The minimum absolute atomic E-state index is 0.0266. The highest BCUT2D eigenvalue weighted by Gasteiger charge is 2.30. The van der Waals surface area contributed by atoms with Crippen LogP contribution < -0.4 is 9.80 Å². The third kappa shape index (κ3) is 5.15.